The van der Waals surface area contributed by atoms with Crippen LogP contribution in [0.15, 0.2) is 73.1 Å². The quantitative estimate of drug-likeness (QED) is 0.311. The number of carbonyl (C=O) groups excluding carboxylic acids is 1. The van der Waals surface area contributed by atoms with Crippen molar-refractivity contribution in [2.75, 3.05) is 11.9 Å². The molecule has 4 aromatic rings. The summed E-state index contributed by atoms with van der Waals surface area (Å²) in [7, 11) is 0. The number of amides is 1. The van der Waals surface area contributed by atoms with Gasteiger partial charge < -0.3 is 20.1 Å². The Balaban J connectivity index is 1.47. The summed E-state index contributed by atoms with van der Waals surface area (Å²) >= 11 is 5.82. The van der Waals surface area contributed by atoms with Gasteiger partial charge in [-0.1, -0.05) is 30.3 Å². The molecular weight excluding hydrogens is 492 g/mol. The van der Waals surface area contributed by atoms with Gasteiger partial charge in [0.1, 0.15) is 5.82 Å². The van der Waals surface area contributed by atoms with E-state index in [2.05, 4.69) is 56.0 Å². The lowest BCUT2D eigenvalue weighted by Crippen LogP contribution is -2.33. The molecule has 2 unspecified atom stereocenters. The van der Waals surface area contributed by atoms with Crippen LogP contribution < -0.4 is 10.6 Å². The average molecular weight is 525 g/mol. The van der Waals surface area contributed by atoms with Crippen molar-refractivity contribution in [3.63, 3.8) is 0 Å². The highest BCUT2D eigenvalue weighted by molar-refractivity contribution is 7.80. The molecular formula is C30H32N6OS. The second-order valence-corrected chi connectivity index (χ2v) is 10.2. The van der Waals surface area contributed by atoms with E-state index in [-0.39, 0.29) is 18.0 Å². The van der Waals surface area contributed by atoms with E-state index in [9.17, 15) is 4.79 Å². The number of hydrogen-bond donors (Lipinski definition) is 2. The Labute approximate surface area is 228 Å². The first kappa shape index (κ1) is 25.6. The predicted octanol–water partition coefficient (Wildman–Crippen LogP) is 5.50. The van der Waals surface area contributed by atoms with Crippen molar-refractivity contribution in [2.45, 2.75) is 46.2 Å². The van der Waals surface area contributed by atoms with Crippen LogP contribution in [0.4, 0.5) is 5.69 Å². The van der Waals surface area contributed by atoms with Crippen molar-refractivity contribution >= 4 is 28.9 Å². The monoisotopic (exact) mass is 524 g/mol. The van der Waals surface area contributed by atoms with Crippen LogP contribution in [-0.4, -0.2) is 37.0 Å². The number of rotatable bonds is 7. The molecule has 3 aromatic heterocycles. The summed E-state index contributed by atoms with van der Waals surface area (Å²) < 4.78 is 2.18. The molecule has 1 amide bonds. The van der Waals surface area contributed by atoms with Gasteiger partial charge in [0.2, 0.25) is 5.91 Å². The number of pyridine rings is 2. The number of thiocarbonyl (C=S) groups is 1. The maximum absolute atomic E-state index is 12.9. The standard InChI is InChI=1S/C30H32N6OS/c1-19-12-13-26(32-18-19)36-21(3)17-23(22(36)4)29-28(25-11-7-8-15-31-25)34-30(38)35(29)16-14-27(37)33-24-10-6-5-9-20(24)2/h5-13,15,17-18,28-29H,14,16H2,1-4H3,(H,33,37)(H,34,38). The van der Waals surface area contributed by atoms with Crippen molar-refractivity contribution in [1.29, 1.82) is 0 Å². The van der Waals surface area contributed by atoms with E-state index in [1.807, 2.05) is 68.6 Å². The number of aryl methyl sites for hydroxylation is 3. The summed E-state index contributed by atoms with van der Waals surface area (Å²) in [5, 5.41) is 7.15. The Morgan fingerprint density at radius 2 is 1.82 bits per heavy atom. The molecule has 38 heavy (non-hydrogen) atoms. The molecule has 0 bridgehead atoms. The van der Waals surface area contributed by atoms with Gasteiger partial charge in [-0.05, 0) is 86.9 Å². The zero-order valence-electron chi connectivity index (χ0n) is 22.1. The number of carbonyl (C=O) groups is 1. The third kappa shape index (κ3) is 5.04. The molecule has 1 aliphatic rings. The molecule has 0 spiro atoms. The van der Waals surface area contributed by atoms with Gasteiger partial charge in [-0.3, -0.25) is 9.78 Å². The van der Waals surface area contributed by atoms with Crippen LogP contribution >= 0.6 is 12.2 Å². The van der Waals surface area contributed by atoms with E-state index < -0.39 is 0 Å². The first-order valence-corrected chi connectivity index (χ1v) is 13.2. The normalized spacial score (nSPS) is 16.9. The molecule has 2 atom stereocenters. The SMILES string of the molecule is Cc1ccc(-n2c(C)cc(C3C(c4ccccn4)NC(=S)N3CCC(=O)Nc3ccccc3C)c2C)nc1. The average Bonchev–Trinajstić information content (AvgIpc) is 3.39. The zero-order chi connectivity index (χ0) is 26.8. The molecule has 1 fully saturated rings. The smallest absolute Gasteiger partial charge is 0.226 e. The van der Waals surface area contributed by atoms with E-state index in [0.717, 1.165) is 45.3 Å². The molecule has 1 aromatic carbocycles. The van der Waals surface area contributed by atoms with Crippen LogP contribution in [0.3, 0.4) is 0 Å². The van der Waals surface area contributed by atoms with Gasteiger partial charge in [-0.15, -0.1) is 0 Å². The number of para-hydroxylation sites is 1. The number of anilines is 1. The molecule has 5 rings (SSSR count). The van der Waals surface area contributed by atoms with Crippen molar-refractivity contribution in [1.82, 2.24) is 24.8 Å². The van der Waals surface area contributed by atoms with Gasteiger partial charge in [0.25, 0.3) is 0 Å². The van der Waals surface area contributed by atoms with Gasteiger partial charge in [-0.25, -0.2) is 4.98 Å². The van der Waals surface area contributed by atoms with Gasteiger partial charge in [0, 0.05) is 42.4 Å². The lowest BCUT2D eigenvalue weighted by atomic mass is 9.96. The molecule has 7 nitrogen and oxygen atoms in total. The number of aromatic nitrogens is 3. The third-order valence-electron chi connectivity index (χ3n) is 7.11. The van der Waals surface area contributed by atoms with Crippen LogP contribution in [0.25, 0.3) is 5.82 Å². The molecule has 0 aliphatic carbocycles. The summed E-state index contributed by atoms with van der Waals surface area (Å²) in [6.45, 7) is 8.71. The summed E-state index contributed by atoms with van der Waals surface area (Å²) in [6.07, 6.45) is 3.99. The Morgan fingerprint density at radius 3 is 2.53 bits per heavy atom. The minimum Gasteiger partial charge on any atom is -0.352 e. The van der Waals surface area contributed by atoms with Crippen LogP contribution in [0.5, 0.6) is 0 Å². The molecule has 1 aliphatic heterocycles. The van der Waals surface area contributed by atoms with E-state index in [1.54, 1.807) is 6.20 Å². The second kappa shape index (κ2) is 10.8. The fourth-order valence-corrected chi connectivity index (χ4v) is 5.50. The lowest BCUT2D eigenvalue weighted by molar-refractivity contribution is -0.116. The summed E-state index contributed by atoms with van der Waals surface area (Å²) in [5.41, 5.74) is 7.19. The van der Waals surface area contributed by atoms with Crippen molar-refractivity contribution < 1.29 is 4.79 Å². The van der Waals surface area contributed by atoms with Crippen molar-refractivity contribution in [3.05, 3.63) is 107 Å². The summed E-state index contributed by atoms with van der Waals surface area (Å²) in [4.78, 5) is 24.4. The molecule has 194 valence electrons. The van der Waals surface area contributed by atoms with E-state index in [4.69, 9.17) is 12.2 Å². The zero-order valence-corrected chi connectivity index (χ0v) is 22.9. The second-order valence-electron chi connectivity index (χ2n) is 9.79. The van der Waals surface area contributed by atoms with Crippen LogP contribution in [0.1, 0.15) is 52.3 Å². The van der Waals surface area contributed by atoms with Crippen LogP contribution in [0.2, 0.25) is 0 Å². The van der Waals surface area contributed by atoms with Gasteiger partial charge >= 0.3 is 0 Å². The van der Waals surface area contributed by atoms with Crippen LogP contribution in [-0.2, 0) is 4.79 Å². The Morgan fingerprint density at radius 1 is 1.03 bits per heavy atom. The number of nitrogens with zero attached hydrogens (tertiary/aromatic N) is 4. The van der Waals surface area contributed by atoms with Crippen molar-refractivity contribution in [2.24, 2.45) is 0 Å². The fraction of sp³-hybridized carbons (Fsp3) is 0.267. The first-order valence-electron chi connectivity index (χ1n) is 12.8. The fourth-order valence-electron chi connectivity index (χ4n) is 5.16. The highest BCUT2D eigenvalue weighted by Gasteiger charge is 2.41. The molecule has 8 heteroatoms. The van der Waals surface area contributed by atoms with Crippen LogP contribution in [0, 0.1) is 27.7 Å². The van der Waals surface area contributed by atoms with E-state index >= 15 is 0 Å². The molecule has 1 saturated heterocycles. The molecule has 2 N–H and O–H groups in total. The topological polar surface area (TPSA) is 75.1 Å². The van der Waals surface area contributed by atoms with E-state index in [0.29, 0.717) is 18.1 Å². The lowest BCUT2D eigenvalue weighted by Gasteiger charge is -2.28. The molecule has 0 radical (unpaired) electrons. The first-order chi connectivity index (χ1) is 18.3. The highest BCUT2D eigenvalue weighted by atomic mass is 32.1. The van der Waals surface area contributed by atoms with E-state index in [1.165, 1.54) is 0 Å². The van der Waals surface area contributed by atoms with Gasteiger partial charge in [0.15, 0.2) is 5.11 Å². The Hall–Kier alpha value is -4.04. The predicted molar refractivity (Wildman–Crippen MR) is 154 cm³/mol. The maximum atomic E-state index is 12.9. The summed E-state index contributed by atoms with van der Waals surface area (Å²) in [6, 6.07) is 19.7. The highest BCUT2D eigenvalue weighted by Crippen LogP contribution is 2.41. The third-order valence-corrected chi connectivity index (χ3v) is 7.46. The number of nitrogens with one attached hydrogen (secondary N) is 2. The number of hydrogen-bond acceptors (Lipinski definition) is 4. The number of benzene rings is 1. The maximum Gasteiger partial charge on any atom is 0.226 e. The summed E-state index contributed by atoms with van der Waals surface area (Å²) in [5.74, 6) is 0.834. The minimum atomic E-state index is -0.150. The Kier molecular flexibility index (Phi) is 7.24. The molecule has 0 saturated carbocycles. The van der Waals surface area contributed by atoms with Crippen molar-refractivity contribution in [3.8, 4) is 5.82 Å². The molecule has 4 heterocycles. The largest absolute Gasteiger partial charge is 0.352 e. The Bertz CT molecular complexity index is 1460. The minimum absolute atomic E-state index is 0.0449. The van der Waals surface area contributed by atoms with Gasteiger partial charge in [-0.2, -0.15) is 0 Å². The van der Waals surface area contributed by atoms with Gasteiger partial charge in [0.05, 0.1) is 17.8 Å².